The average Bonchev–Trinajstić information content (AvgIpc) is 3.49. The maximum atomic E-state index is 5.46. The highest BCUT2D eigenvalue weighted by atomic mass is 28.4. The van der Waals surface area contributed by atoms with E-state index in [1.807, 2.05) is 20.8 Å². The molecular weight excluding hydrogens is 392 g/mol. The highest BCUT2D eigenvalue weighted by Gasteiger charge is 2.44. The van der Waals surface area contributed by atoms with E-state index in [1.165, 1.54) is 32.1 Å². The summed E-state index contributed by atoms with van der Waals surface area (Å²) >= 11 is 0. The zero-order valence-corrected chi connectivity index (χ0v) is 20.8. The molecule has 3 atom stereocenters. The normalized spacial score (nSPS) is 24.1. The lowest BCUT2D eigenvalue weighted by molar-refractivity contribution is 0.0843. The van der Waals surface area contributed by atoms with E-state index in [1.54, 1.807) is 27.0 Å². The molecule has 0 spiro atoms. The van der Waals surface area contributed by atoms with Crippen molar-refractivity contribution in [1.29, 1.82) is 0 Å². The van der Waals surface area contributed by atoms with Crippen LogP contribution in [-0.2, 0) is 26.6 Å². The Kier molecular flexibility index (Phi) is 12.3. The van der Waals surface area contributed by atoms with Gasteiger partial charge in [-0.15, -0.1) is 0 Å². The lowest BCUT2D eigenvalue weighted by atomic mass is 9.87. The molecule has 8 heteroatoms. The predicted octanol–water partition coefficient (Wildman–Crippen LogP) is 4.45. The van der Waals surface area contributed by atoms with Gasteiger partial charge in [-0.3, -0.25) is 0 Å². The Hall–Kier alpha value is -0.0662. The molecule has 2 aliphatic rings. The quantitative estimate of drug-likeness (QED) is 0.399. The average molecular weight is 435 g/mol. The molecule has 6 nitrogen and oxygen atoms in total. The first-order valence-corrected chi connectivity index (χ1v) is 14.4. The van der Waals surface area contributed by atoms with Gasteiger partial charge in [-0.05, 0) is 69.9 Å². The maximum Gasteiger partial charge on any atom is 0.528 e. The molecule has 0 aromatic carbocycles. The summed E-state index contributed by atoms with van der Waals surface area (Å²) in [6.45, 7) is 11.2. The Morgan fingerprint density at radius 1 is 0.821 bits per heavy atom. The van der Waals surface area contributed by atoms with Crippen LogP contribution in [0.2, 0.25) is 6.04 Å². The third-order valence-corrected chi connectivity index (χ3v) is 11.1. The second-order valence-corrected chi connectivity index (χ2v) is 12.9. The Morgan fingerprint density at radius 3 is 1.75 bits per heavy atom. The molecular formula is C20H42O6Si2. The molecule has 2 aliphatic carbocycles. The maximum absolute atomic E-state index is 5.46. The number of hydrogen-bond donors (Lipinski definition) is 0. The third-order valence-electron chi connectivity index (χ3n) is 5.73. The molecule has 0 saturated heterocycles. The fourth-order valence-electron chi connectivity index (χ4n) is 4.05. The summed E-state index contributed by atoms with van der Waals surface area (Å²) in [6.07, 6.45) is 7.01. The van der Waals surface area contributed by atoms with Gasteiger partial charge in [0.2, 0.25) is 0 Å². The van der Waals surface area contributed by atoms with Crippen LogP contribution < -0.4 is 0 Å². The Labute approximate surface area is 174 Å². The minimum atomic E-state index is -2.51. The molecule has 2 fully saturated rings. The van der Waals surface area contributed by atoms with Crippen LogP contribution in [-0.4, -0.2) is 58.8 Å². The summed E-state index contributed by atoms with van der Waals surface area (Å²) in [5.41, 5.74) is 1.67. The summed E-state index contributed by atoms with van der Waals surface area (Å²) in [5.74, 6) is 3.03. The van der Waals surface area contributed by atoms with Gasteiger partial charge in [0.25, 0.3) is 0 Å². The first-order valence-electron chi connectivity index (χ1n) is 10.7. The molecule has 0 aromatic rings. The molecule has 0 N–H and O–H groups in total. The topological polar surface area (TPSA) is 55.4 Å². The molecule has 0 heterocycles. The zero-order valence-electron chi connectivity index (χ0n) is 18.8. The van der Waals surface area contributed by atoms with Gasteiger partial charge in [-0.1, -0.05) is 13.0 Å². The summed E-state index contributed by atoms with van der Waals surface area (Å²) < 4.78 is 32.7. The fraction of sp³-hybridized carbons (Fsp3) is 0.900. The van der Waals surface area contributed by atoms with E-state index in [-0.39, 0.29) is 0 Å². The summed E-state index contributed by atoms with van der Waals surface area (Å²) in [4.78, 5) is 0. The lowest BCUT2D eigenvalue weighted by Gasteiger charge is -2.27. The van der Waals surface area contributed by atoms with Crippen molar-refractivity contribution in [2.45, 2.75) is 58.9 Å². The van der Waals surface area contributed by atoms with Crippen LogP contribution in [0.3, 0.4) is 0 Å². The van der Waals surface area contributed by atoms with Gasteiger partial charge in [-0.25, -0.2) is 0 Å². The van der Waals surface area contributed by atoms with Crippen molar-refractivity contribution in [2.75, 3.05) is 41.2 Å². The SMILES string of the molecule is C=C[Si](OCC)(OCC)OCC.CO[Si](CCC1CCC2CC2C1)(OC)OC. The number of hydrogen-bond acceptors (Lipinski definition) is 6. The highest BCUT2D eigenvalue weighted by Crippen LogP contribution is 2.52. The van der Waals surface area contributed by atoms with E-state index in [4.69, 9.17) is 26.6 Å². The van der Waals surface area contributed by atoms with Gasteiger partial charge in [0.15, 0.2) is 0 Å². The second-order valence-electron chi connectivity index (χ2n) is 7.38. The third kappa shape index (κ3) is 7.99. The molecule has 2 saturated carbocycles. The van der Waals surface area contributed by atoms with Crippen molar-refractivity contribution in [3.8, 4) is 0 Å². The largest absolute Gasteiger partial charge is 0.528 e. The van der Waals surface area contributed by atoms with Crippen LogP contribution in [0.4, 0.5) is 0 Å². The zero-order chi connectivity index (χ0) is 21.0. The van der Waals surface area contributed by atoms with Crippen LogP contribution in [0.5, 0.6) is 0 Å². The summed E-state index contributed by atoms with van der Waals surface area (Å²) in [7, 11) is 0.301. The first-order chi connectivity index (χ1) is 13.5. The van der Waals surface area contributed by atoms with E-state index in [9.17, 15) is 0 Å². The van der Waals surface area contributed by atoms with Crippen LogP contribution in [0.15, 0.2) is 12.3 Å². The molecule has 0 bridgehead atoms. The van der Waals surface area contributed by atoms with E-state index < -0.39 is 17.6 Å². The monoisotopic (exact) mass is 434 g/mol. The van der Waals surface area contributed by atoms with Crippen LogP contribution >= 0.6 is 0 Å². The van der Waals surface area contributed by atoms with E-state index in [2.05, 4.69) is 6.58 Å². The molecule has 0 amide bonds. The highest BCUT2D eigenvalue weighted by molar-refractivity contribution is 6.66. The van der Waals surface area contributed by atoms with Crippen molar-refractivity contribution < 1.29 is 26.6 Å². The minimum Gasteiger partial charge on any atom is -0.377 e. The van der Waals surface area contributed by atoms with Crippen molar-refractivity contribution in [1.82, 2.24) is 0 Å². The fourth-order valence-corrected chi connectivity index (χ4v) is 7.74. The smallest absolute Gasteiger partial charge is 0.377 e. The van der Waals surface area contributed by atoms with Crippen molar-refractivity contribution >= 4 is 17.6 Å². The standard InChI is InChI=1S/C12H24O3Si.C8H18O3Si/c1-13-16(14-2,15-3)7-6-10-4-5-11-9-12(11)8-10;1-5-9-12(8-4,10-6-2)11-7-3/h10-12H,4-9H2,1-3H3;8H,4-7H2,1-3H3. The minimum absolute atomic E-state index is 0.595. The molecule has 2 rings (SSSR count). The predicted molar refractivity (Wildman–Crippen MR) is 116 cm³/mol. The molecule has 3 unspecified atom stereocenters. The van der Waals surface area contributed by atoms with Gasteiger partial charge >= 0.3 is 17.6 Å². The van der Waals surface area contributed by atoms with Gasteiger partial charge in [0.1, 0.15) is 0 Å². The van der Waals surface area contributed by atoms with E-state index in [0.29, 0.717) is 19.8 Å². The first kappa shape index (κ1) is 26.0. The molecule has 0 aliphatic heterocycles. The van der Waals surface area contributed by atoms with Crippen molar-refractivity contribution in [2.24, 2.45) is 17.8 Å². The van der Waals surface area contributed by atoms with Crippen molar-refractivity contribution in [3.63, 3.8) is 0 Å². The molecule has 28 heavy (non-hydrogen) atoms. The second kappa shape index (κ2) is 13.3. The van der Waals surface area contributed by atoms with Crippen LogP contribution in [0.1, 0.15) is 52.9 Å². The van der Waals surface area contributed by atoms with Crippen LogP contribution in [0, 0.1) is 17.8 Å². The number of rotatable bonds is 13. The van der Waals surface area contributed by atoms with Crippen LogP contribution in [0.25, 0.3) is 0 Å². The summed E-state index contributed by atoms with van der Waals surface area (Å²) in [6, 6.07) is 0.971. The van der Waals surface area contributed by atoms with E-state index >= 15 is 0 Å². The Bertz CT molecular complexity index is 408. The van der Waals surface area contributed by atoms with Gasteiger partial charge in [-0.2, -0.15) is 0 Å². The van der Waals surface area contributed by atoms with Crippen molar-refractivity contribution in [3.05, 3.63) is 12.3 Å². The number of fused-ring (bicyclic) bond motifs is 1. The van der Waals surface area contributed by atoms with Gasteiger partial charge in [0.05, 0.1) is 0 Å². The lowest BCUT2D eigenvalue weighted by Crippen LogP contribution is -2.44. The summed E-state index contributed by atoms with van der Waals surface area (Å²) in [5, 5.41) is 0. The van der Waals surface area contributed by atoms with E-state index in [0.717, 1.165) is 23.8 Å². The molecule has 0 aromatic heterocycles. The Morgan fingerprint density at radius 2 is 1.36 bits per heavy atom. The Balaban J connectivity index is 0.000000295. The molecule has 166 valence electrons. The van der Waals surface area contributed by atoms with Gasteiger partial charge in [0, 0.05) is 47.2 Å². The molecule has 0 radical (unpaired) electrons. The van der Waals surface area contributed by atoms with Gasteiger partial charge < -0.3 is 26.6 Å².